The van der Waals surface area contributed by atoms with Crippen LogP contribution >= 0.6 is 12.2 Å². The van der Waals surface area contributed by atoms with Gasteiger partial charge in [-0.1, -0.05) is 30.3 Å². The molecule has 3 rings (SSSR count). The first kappa shape index (κ1) is 19.3. The van der Waals surface area contributed by atoms with Crippen LogP contribution in [0.5, 0.6) is 0 Å². The van der Waals surface area contributed by atoms with Gasteiger partial charge in [0.1, 0.15) is 5.82 Å². The van der Waals surface area contributed by atoms with Gasteiger partial charge in [-0.05, 0) is 48.0 Å². The summed E-state index contributed by atoms with van der Waals surface area (Å²) >= 11 is 4.67. The molecule has 2 aromatic carbocycles. The van der Waals surface area contributed by atoms with E-state index in [9.17, 15) is 4.39 Å². The number of nitrogens with zero attached hydrogens (tertiary/aromatic N) is 3. The summed E-state index contributed by atoms with van der Waals surface area (Å²) in [5.41, 5.74) is 11.7. The van der Waals surface area contributed by atoms with E-state index >= 15 is 0 Å². The second-order valence-corrected chi connectivity index (χ2v) is 7.07. The maximum Gasteiger partial charge on any atom is 0.184 e. The van der Waals surface area contributed by atoms with E-state index in [2.05, 4.69) is 63.7 Å². The minimum Gasteiger partial charge on any atom is -0.375 e. The Bertz CT molecular complexity index is 831. The maximum absolute atomic E-state index is 14.5. The van der Waals surface area contributed by atoms with Crippen molar-refractivity contribution in [2.24, 2.45) is 10.8 Å². The molecule has 142 valence electrons. The van der Waals surface area contributed by atoms with Gasteiger partial charge < -0.3 is 10.6 Å². The lowest BCUT2D eigenvalue weighted by atomic mass is 10.1. The van der Waals surface area contributed by atoms with Crippen molar-refractivity contribution in [2.75, 3.05) is 31.1 Å². The summed E-state index contributed by atoms with van der Waals surface area (Å²) in [4.78, 5) is 4.51. The van der Waals surface area contributed by atoms with Crippen LogP contribution in [-0.4, -0.2) is 42.4 Å². The number of nitrogens with two attached hydrogens (primary N) is 1. The summed E-state index contributed by atoms with van der Waals surface area (Å²) in [6.07, 6.45) is 1.49. The third-order valence-corrected chi connectivity index (χ3v) is 4.82. The Labute approximate surface area is 164 Å². The molecular weight excluding hydrogens is 361 g/mol. The standard InChI is InChI=1S/C20H24FN5S/c1-15-4-2-3-5-17(15)14-25-8-10-26(11-9-25)19-7-6-16(12-18(19)21)13-23-24-20(22)27/h2-7,12-13H,8-11,14H2,1H3,(H3,22,24,27). The average molecular weight is 386 g/mol. The molecule has 0 bridgehead atoms. The van der Waals surface area contributed by atoms with Crippen LogP contribution in [0.3, 0.4) is 0 Å². The zero-order valence-electron chi connectivity index (χ0n) is 15.4. The molecule has 2 aromatic rings. The third-order valence-electron chi connectivity index (χ3n) is 4.73. The highest BCUT2D eigenvalue weighted by Crippen LogP contribution is 2.22. The highest BCUT2D eigenvalue weighted by Gasteiger charge is 2.20. The molecular formula is C20H24FN5S. The van der Waals surface area contributed by atoms with Gasteiger partial charge in [0, 0.05) is 32.7 Å². The quantitative estimate of drug-likeness (QED) is 0.471. The second kappa shape index (κ2) is 8.92. The van der Waals surface area contributed by atoms with Gasteiger partial charge in [-0.3, -0.25) is 10.3 Å². The lowest BCUT2D eigenvalue weighted by Crippen LogP contribution is -2.46. The molecule has 7 heteroatoms. The molecule has 0 aromatic heterocycles. The Morgan fingerprint density at radius 2 is 1.96 bits per heavy atom. The summed E-state index contributed by atoms with van der Waals surface area (Å²) in [6.45, 7) is 6.51. The number of nitrogens with one attached hydrogen (secondary N) is 1. The van der Waals surface area contributed by atoms with Crippen LogP contribution in [0.15, 0.2) is 47.6 Å². The van der Waals surface area contributed by atoms with Crippen LogP contribution in [0.25, 0.3) is 0 Å². The fraction of sp³-hybridized carbons (Fsp3) is 0.300. The number of benzene rings is 2. The Balaban J connectivity index is 1.58. The number of aryl methyl sites for hydroxylation is 1. The number of hydrogen-bond donors (Lipinski definition) is 2. The Kier molecular flexibility index (Phi) is 6.36. The molecule has 0 atom stereocenters. The third kappa shape index (κ3) is 5.24. The first-order chi connectivity index (χ1) is 13.0. The predicted molar refractivity (Wildman–Crippen MR) is 113 cm³/mol. The van der Waals surface area contributed by atoms with Gasteiger partial charge in [-0.25, -0.2) is 4.39 Å². The summed E-state index contributed by atoms with van der Waals surface area (Å²) in [6, 6.07) is 13.6. The fourth-order valence-corrected chi connectivity index (χ4v) is 3.26. The van der Waals surface area contributed by atoms with Crippen LogP contribution in [0, 0.1) is 12.7 Å². The molecule has 1 aliphatic rings. The van der Waals surface area contributed by atoms with E-state index < -0.39 is 0 Å². The van der Waals surface area contributed by atoms with Crippen LogP contribution < -0.4 is 16.1 Å². The average Bonchev–Trinajstić information content (AvgIpc) is 2.64. The molecule has 1 heterocycles. The van der Waals surface area contributed by atoms with Crippen molar-refractivity contribution in [1.82, 2.24) is 10.3 Å². The zero-order valence-corrected chi connectivity index (χ0v) is 16.2. The molecule has 0 aliphatic carbocycles. The molecule has 1 fully saturated rings. The van der Waals surface area contributed by atoms with E-state index in [0.717, 1.165) is 32.7 Å². The van der Waals surface area contributed by atoms with E-state index in [1.165, 1.54) is 23.4 Å². The number of thiocarbonyl (C=S) groups is 1. The highest BCUT2D eigenvalue weighted by atomic mass is 32.1. The number of hydrogen-bond acceptors (Lipinski definition) is 4. The molecule has 0 amide bonds. The van der Waals surface area contributed by atoms with Crippen LogP contribution in [0.4, 0.5) is 10.1 Å². The lowest BCUT2D eigenvalue weighted by molar-refractivity contribution is 0.249. The van der Waals surface area contributed by atoms with E-state index in [0.29, 0.717) is 11.3 Å². The topological polar surface area (TPSA) is 56.9 Å². The molecule has 0 unspecified atom stereocenters. The normalized spacial score (nSPS) is 15.3. The summed E-state index contributed by atoms with van der Waals surface area (Å²) in [5, 5.41) is 3.93. The first-order valence-corrected chi connectivity index (χ1v) is 9.33. The molecule has 27 heavy (non-hydrogen) atoms. The van der Waals surface area contributed by atoms with Gasteiger partial charge >= 0.3 is 0 Å². The minimum atomic E-state index is -0.248. The van der Waals surface area contributed by atoms with Gasteiger partial charge in [-0.15, -0.1) is 0 Å². The number of hydrazone groups is 1. The van der Waals surface area contributed by atoms with Crippen molar-refractivity contribution in [1.29, 1.82) is 0 Å². The molecule has 1 saturated heterocycles. The summed E-state index contributed by atoms with van der Waals surface area (Å²) in [5.74, 6) is -0.248. The lowest BCUT2D eigenvalue weighted by Gasteiger charge is -2.36. The first-order valence-electron chi connectivity index (χ1n) is 8.93. The van der Waals surface area contributed by atoms with Crippen LogP contribution in [0.2, 0.25) is 0 Å². The SMILES string of the molecule is Cc1ccccc1CN1CCN(c2ccc(C=NNC(N)=S)cc2F)CC1. The number of piperazine rings is 1. The van der Waals surface area contributed by atoms with E-state index in [1.807, 2.05) is 6.07 Å². The molecule has 0 saturated carbocycles. The number of halogens is 1. The Hall–Kier alpha value is -2.51. The molecule has 1 aliphatic heterocycles. The number of anilines is 1. The fourth-order valence-electron chi connectivity index (χ4n) is 3.21. The monoisotopic (exact) mass is 385 g/mol. The van der Waals surface area contributed by atoms with Crippen molar-refractivity contribution in [3.05, 3.63) is 65.0 Å². The van der Waals surface area contributed by atoms with Gasteiger partial charge in [0.15, 0.2) is 5.11 Å². The Morgan fingerprint density at radius 3 is 2.63 bits per heavy atom. The summed E-state index contributed by atoms with van der Waals surface area (Å²) < 4.78 is 14.5. The predicted octanol–water partition coefficient (Wildman–Crippen LogP) is 2.62. The van der Waals surface area contributed by atoms with Gasteiger partial charge in [0.25, 0.3) is 0 Å². The van der Waals surface area contributed by atoms with Crippen molar-refractivity contribution < 1.29 is 4.39 Å². The summed E-state index contributed by atoms with van der Waals surface area (Å²) in [7, 11) is 0. The van der Waals surface area contributed by atoms with Crippen molar-refractivity contribution >= 4 is 29.2 Å². The van der Waals surface area contributed by atoms with Gasteiger partial charge in [0.05, 0.1) is 11.9 Å². The van der Waals surface area contributed by atoms with Crippen molar-refractivity contribution in [3.63, 3.8) is 0 Å². The second-order valence-electron chi connectivity index (χ2n) is 6.63. The molecule has 0 spiro atoms. The van der Waals surface area contributed by atoms with Gasteiger partial charge in [0.2, 0.25) is 0 Å². The zero-order chi connectivity index (χ0) is 19.2. The van der Waals surface area contributed by atoms with E-state index in [-0.39, 0.29) is 10.9 Å². The van der Waals surface area contributed by atoms with E-state index in [4.69, 9.17) is 5.73 Å². The van der Waals surface area contributed by atoms with Crippen LogP contribution in [-0.2, 0) is 6.54 Å². The highest BCUT2D eigenvalue weighted by molar-refractivity contribution is 7.80. The van der Waals surface area contributed by atoms with Crippen LogP contribution in [0.1, 0.15) is 16.7 Å². The van der Waals surface area contributed by atoms with Crippen molar-refractivity contribution in [3.8, 4) is 0 Å². The van der Waals surface area contributed by atoms with Gasteiger partial charge in [-0.2, -0.15) is 5.10 Å². The molecule has 3 N–H and O–H groups in total. The van der Waals surface area contributed by atoms with Crippen molar-refractivity contribution in [2.45, 2.75) is 13.5 Å². The number of rotatable bonds is 5. The smallest absolute Gasteiger partial charge is 0.184 e. The maximum atomic E-state index is 14.5. The van der Waals surface area contributed by atoms with E-state index in [1.54, 1.807) is 6.07 Å². The Morgan fingerprint density at radius 1 is 1.22 bits per heavy atom. The largest absolute Gasteiger partial charge is 0.375 e. The molecule has 0 radical (unpaired) electrons. The molecule has 5 nitrogen and oxygen atoms in total. The minimum absolute atomic E-state index is 0.0758.